The molecule has 0 aliphatic carbocycles. The Morgan fingerprint density at radius 1 is 1.19 bits per heavy atom. The lowest BCUT2D eigenvalue weighted by atomic mass is 10.1. The van der Waals surface area contributed by atoms with Gasteiger partial charge in [-0.25, -0.2) is 9.18 Å². The molecule has 7 nitrogen and oxygen atoms in total. The lowest BCUT2D eigenvalue weighted by molar-refractivity contribution is -0.122. The van der Waals surface area contributed by atoms with Crippen LogP contribution < -0.4 is 10.6 Å². The van der Waals surface area contributed by atoms with Crippen LogP contribution in [0.3, 0.4) is 0 Å². The van der Waals surface area contributed by atoms with Crippen LogP contribution in [0.4, 0.5) is 9.18 Å². The summed E-state index contributed by atoms with van der Waals surface area (Å²) >= 11 is 0. The highest BCUT2D eigenvalue weighted by molar-refractivity contribution is 5.94. The summed E-state index contributed by atoms with van der Waals surface area (Å²) < 4.78 is 17.5. The number of piperidine rings is 1. The minimum atomic E-state index is -0.393. The van der Waals surface area contributed by atoms with Crippen molar-refractivity contribution in [3.05, 3.63) is 35.6 Å². The molecule has 1 aromatic rings. The minimum absolute atomic E-state index is 0.0530. The maximum atomic E-state index is 12.8. The van der Waals surface area contributed by atoms with Gasteiger partial charge in [-0.1, -0.05) is 0 Å². The standard InChI is InChI=1S/C18H24FN3O4/c1-26-18(25)22-11-8-15(9-12-22)21-16(23)3-2-10-20-17(24)13-4-6-14(19)7-5-13/h4-7,15H,2-3,8-12H2,1H3,(H,20,24)(H,21,23). The van der Waals surface area contributed by atoms with Crippen LogP contribution in [-0.2, 0) is 9.53 Å². The van der Waals surface area contributed by atoms with Gasteiger partial charge < -0.3 is 20.3 Å². The van der Waals surface area contributed by atoms with Crippen LogP contribution in [0.1, 0.15) is 36.0 Å². The number of rotatable bonds is 6. The first-order valence-corrected chi connectivity index (χ1v) is 8.65. The maximum Gasteiger partial charge on any atom is 0.409 e. The van der Waals surface area contributed by atoms with Crippen LogP contribution in [0.25, 0.3) is 0 Å². The molecule has 0 spiro atoms. The number of likely N-dealkylation sites (tertiary alicyclic amines) is 1. The molecule has 26 heavy (non-hydrogen) atoms. The van der Waals surface area contributed by atoms with E-state index < -0.39 is 5.82 Å². The molecule has 1 saturated heterocycles. The number of halogens is 1. The van der Waals surface area contributed by atoms with Crippen LogP contribution in [0.2, 0.25) is 0 Å². The third kappa shape index (κ3) is 6.02. The minimum Gasteiger partial charge on any atom is -0.453 e. The maximum absolute atomic E-state index is 12.8. The van der Waals surface area contributed by atoms with Crippen LogP contribution in [-0.4, -0.2) is 55.6 Å². The van der Waals surface area contributed by atoms with Gasteiger partial charge in [0.05, 0.1) is 7.11 Å². The van der Waals surface area contributed by atoms with Crippen molar-refractivity contribution >= 4 is 17.9 Å². The van der Waals surface area contributed by atoms with Crippen molar-refractivity contribution in [2.75, 3.05) is 26.7 Å². The summed E-state index contributed by atoms with van der Waals surface area (Å²) in [5.41, 5.74) is 0.383. The molecule has 0 radical (unpaired) electrons. The first-order chi connectivity index (χ1) is 12.5. The van der Waals surface area contributed by atoms with Gasteiger partial charge in [0.2, 0.25) is 5.91 Å². The number of carbonyl (C=O) groups is 3. The van der Waals surface area contributed by atoms with Crippen LogP contribution in [0.15, 0.2) is 24.3 Å². The fourth-order valence-electron chi connectivity index (χ4n) is 2.79. The van der Waals surface area contributed by atoms with E-state index in [0.29, 0.717) is 50.9 Å². The molecule has 2 rings (SSSR count). The van der Waals surface area contributed by atoms with Crippen molar-refractivity contribution in [3.63, 3.8) is 0 Å². The fourth-order valence-corrected chi connectivity index (χ4v) is 2.79. The largest absolute Gasteiger partial charge is 0.453 e. The van der Waals surface area contributed by atoms with Crippen LogP contribution in [0, 0.1) is 5.82 Å². The number of amides is 3. The van der Waals surface area contributed by atoms with E-state index in [-0.39, 0.29) is 23.9 Å². The number of carbonyl (C=O) groups excluding carboxylic acids is 3. The highest BCUT2D eigenvalue weighted by atomic mass is 19.1. The zero-order valence-electron chi connectivity index (χ0n) is 14.8. The molecule has 3 amide bonds. The summed E-state index contributed by atoms with van der Waals surface area (Å²) in [7, 11) is 1.35. The summed E-state index contributed by atoms with van der Waals surface area (Å²) in [6.07, 6.45) is 1.87. The molecule has 0 bridgehead atoms. The first kappa shape index (κ1) is 19.7. The van der Waals surface area contributed by atoms with E-state index in [2.05, 4.69) is 15.4 Å². The molecule has 1 aliphatic rings. The van der Waals surface area contributed by atoms with E-state index in [4.69, 9.17) is 0 Å². The molecule has 8 heteroatoms. The van der Waals surface area contributed by atoms with Gasteiger partial charge in [0.1, 0.15) is 5.82 Å². The van der Waals surface area contributed by atoms with Gasteiger partial charge in [0, 0.05) is 37.7 Å². The van der Waals surface area contributed by atoms with Crippen molar-refractivity contribution in [1.29, 1.82) is 0 Å². The van der Waals surface area contributed by atoms with Gasteiger partial charge in [-0.2, -0.15) is 0 Å². The Morgan fingerprint density at radius 3 is 2.46 bits per heavy atom. The molecule has 0 unspecified atom stereocenters. The first-order valence-electron chi connectivity index (χ1n) is 8.65. The molecular formula is C18H24FN3O4. The summed E-state index contributed by atoms with van der Waals surface area (Å²) in [5, 5.41) is 5.65. The number of ether oxygens (including phenoxy) is 1. The van der Waals surface area contributed by atoms with Gasteiger partial charge in [-0.3, -0.25) is 9.59 Å². The van der Waals surface area contributed by atoms with Crippen molar-refractivity contribution in [1.82, 2.24) is 15.5 Å². The molecule has 0 saturated carbocycles. The predicted molar refractivity (Wildman–Crippen MR) is 93.1 cm³/mol. The van der Waals surface area contributed by atoms with Crippen molar-refractivity contribution in [2.24, 2.45) is 0 Å². The quantitative estimate of drug-likeness (QED) is 0.751. The second-order valence-electron chi connectivity index (χ2n) is 6.17. The normalized spacial score (nSPS) is 14.6. The van der Waals surface area contributed by atoms with E-state index in [9.17, 15) is 18.8 Å². The second kappa shape index (κ2) is 9.74. The zero-order valence-corrected chi connectivity index (χ0v) is 14.8. The molecular weight excluding hydrogens is 341 g/mol. The molecule has 1 fully saturated rings. The summed E-state index contributed by atoms with van der Waals surface area (Å²) in [4.78, 5) is 36.8. The molecule has 2 N–H and O–H groups in total. The molecule has 1 aromatic carbocycles. The van der Waals surface area contributed by atoms with Crippen molar-refractivity contribution in [3.8, 4) is 0 Å². The third-order valence-electron chi connectivity index (χ3n) is 4.27. The summed E-state index contributed by atoms with van der Waals surface area (Å²) in [5.74, 6) is -0.756. The van der Waals surface area contributed by atoms with Gasteiger partial charge in [0.25, 0.3) is 5.91 Å². The van der Waals surface area contributed by atoms with Gasteiger partial charge in [-0.15, -0.1) is 0 Å². The lowest BCUT2D eigenvalue weighted by Gasteiger charge is -2.31. The lowest BCUT2D eigenvalue weighted by Crippen LogP contribution is -2.46. The molecule has 142 valence electrons. The topological polar surface area (TPSA) is 87.7 Å². The average molecular weight is 365 g/mol. The highest BCUT2D eigenvalue weighted by Gasteiger charge is 2.23. The monoisotopic (exact) mass is 365 g/mol. The second-order valence-corrected chi connectivity index (χ2v) is 6.17. The summed E-state index contributed by atoms with van der Waals surface area (Å²) in [6.45, 7) is 1.49. The Bertz CT molecular complexity index is 628. The highest BCUT2D eigenvalue weighted by Crippen LogP contribution is 2.11. The van der Waals surface area contributed by atoms with Gasteiger partial charge in [0.15, 0.2) is 0 Å². The zero-order chi connectivity index (χ0) is 18.9. The number of nitrogens with one attached hydrogen (secondary N) is 2. The van der Waals surface area contributed by atoms with E-state index in [0.717, 1.165) is 0 Å². The predicted octanol–water partition coefficient (Wildman–Crippen LogP) is 1.68. The Morgan fingerprint density at radius 2 is 1.85 bits per heavy atom. The number of hydrogen-bond acceptors (Lipinski definition) is 4. The fraction of sp³-hybridized carbons (Fsp3) is 0.500. The van der Waals surface area contributed by atoms with Crippen molar-refractivity contribution in [2.45, 2.75) is 31.7 Å². The smallest absolute Gasteiger partial charge is 0.409 e. The molecule has 0 atom stereocenters. The number of methoxy groups -OCH3 is 1. The van der Waals surface area contributed by atoms with E-state index >= 15 is 0 Å². The van der Waals surface area contributed by atoms with Crippen molar-refractivity contribution < 1.29 is 23.5 Å². The number of hydrogen-bond donors (Lipinski definition) is 2. The van der Waals surface area contributed by atoms with Gasteiger partial charge >= 0.3 is 6.09 Å². The molecule has 1 aliphatic heterocycles. The number of benzene rings is 1. The Labute approximate surface area is 151 Å². The van der Waals surface area contributed by atoms with Crippen LogP contribution in [0.5, 0.6) is 0 Å². The van der Waals surface area contributed by atoms with Crippen LogP contribution >= 0.6 is 0 Å². The Kier molecular flexibility index (Phi) is 7.37. The average Bonchev–Trinajstić information content (AvgIpc) is 2.65. The summed E-state index contributed by atoms with van der Waals surface area (Å²) in [6, 6.07) is 5.34. The Balaban J connectivity index is 1.60. The van der Waals surface area contributed by atoms with E-state index in [1.807, 2.05) is 0 Å². The Hall–Kier alpha value is -2.64. The van der Waals surface area contributed by atoms with E-state index in [1.54, 1.807) is 4.90 Å². The molecule has 1 heterocycles. The third-order valence-corrected chi connectivity index (χ3v) is 4.27. The SMILES string of the molecule is COC(=O)N1CCC(NC(=O)CCCNC(=O)c2ccc(F)cc2)CC1. The van der Waals surface area contributed by atoms with E-state index in [1.165, 1.54) is 31.4 Å². The number of nitrogens with zero attached hydrogens (tertiary/aromatic N) is 1. The van der Waals surface area contributed by atoms with Gasteiger partial charge in [-0.05, 0) is 43.5 Å². The molecule has 0 aromatic heterocycles.